The molecule has 0 aromatic heterocycles. The summed E-state index contributed by atoms with van der Waals surface area (Å²) in [4.78, 5) is 11.9. The van der Waals surface area contributed by atoms with Crippen molar-refractivity contribution in [1.82, 2.24) is 0 Å². The van der Waals surface area contributed by atoms with E-state index in [1.54, 1.807) is 0 Å². The number of benzene rings is 2. The van der Waals surface area contributed by atoms with E-state index in [-0.39, 0.29) is 20.2 Å². The second-order valence-corrected chi connectivity index (χ2v) is 7.78. The number of nitrogens with one attached hydrogen (secondary N) is 1. The summed E-state index contributed by atoms with van der Waals surface area (Å²) in [5.41, 5.74) is 2.37. The van der Waals surface area contributed by atoms with Gasteiger partial charge in [0.1, 0.15) is 4.49 Å². The van der Waals surface area contributed by atoms with Crippen LogP contribution in [0.4, 0.5) is 5.69 Å². The normalized spacial score (nSPS) is 11.6. The molecule has 0 fully saturated rings. The lowest BCUT2D eigenvalue weighted by Crippen LogP contribution is -2.09. The number of allylic oxidation sites excluding steroid dienone is 1. The lowest BCUT2D eigenvalue weighted by Gasteiger charge is -2.14. The van der Waals surface area contributed by atoms with Gasteiger partial charge in [0.25, 0.3) is 0 Å². The Kier molecular flexibility index (Phi) is 7.41. The Morgan fingerprint density at radius 3 is 2.27 bits per heavy atom. The SMILES string of the molecule is Cc1ccc(N/C(Sc2ccccc2)=C(/C(Cl)=C(Cl)Cl)[N+](=O)[O-])c(C)c1. The molecule has 4 nitrogen and oxygen atoms in total. The van der Waals surface area contributed by atoms with Gasteiger partial charge in [0.15, 0.2) is 10.1 Å². The smallest absolute Gasteiger partial charge is 0.320 e. The topological polar surface area (TPSA) is 55.2 Å². The highest BCUT2D eigenvalue weighted by Gasteiger charge is 2.26. The molecule has 0 amide bonds. The van der Waals surface area contributed by atoms with E-state index in [0.717, 1.165) is 21.7 Å². The van der Waals surface area contributed by atoms with Crippen molar-refractivity contribution in [1.29, 1.82) is 0 Å². The number of halogens is 3. The Bertz CT molecular complexity index is 879. The zero-order valence-electron chi connectivity index (χ0n) is 13.9. The Hall–Kier alpha value is -1.66. The third-order valence-corrected chi connectivity index (χ3v) is 5.31. The van der Waals surface area contributed by atoms with Gasteiger partial charge in [0.05, 0.1) is 4.92 Å². The number of rotatable bonds is 6. The summed E-state index contributed by atoms with van der Waals surface area (Å²) in [6.45, 7) is 3.89. The highest BCUT2D eigenvalue weighted by molar-refractivity contribution is 8.03. The van der Waals surface area contributed by atoms with Crippen molar-refractivity contribution in [2.75, 3.05) is 5.32 Å². The molecule has 2 rings (SSSR count). The van der Waals surface area contributed by atoms with Gasteiger partial charge in [-0.2, -0.15) is 0 Å². The van der Waals surface area contributed by atoms with E-state index < -0.39 is 4.92 Å². The molecule has 0 saturated heterocycles. The minimum Gasteiger partial charge on any atom is -0.344 e. The van der Waals surface area contributed by atoms with Crippen molar-refractivity contribution in [2.24, 2.45) is 0 Å². The van der Waals surface area contributed by atoms with Crippen LogP contribution in [0.2, 0.25) is 0 Å². The van der Waals surface area contributed by atoms with E-state index in [1.807, 2.05) is 62.4 Å². The maximum Gasteiger partial charge on any atom is 0.320 e. The van der Waals surface area contributed by atoms with Crippen molar-refractivity contribution in [3.05, 3.63) is 90.0 Å². The van der Waals surface area contributed by atoms with Crippen molar-refractivity contribution in [3.63, 3.8) is 0 Å². The fourth-order valence-electron chi connectivity index (χ4n) is 2.17. The molecule has 0 aliphatic carbocycles. The first kappa shape index (κ1) is 20.6. The van der Waals surface area contributed by atoms with E-state index in [1.165, 1.54) is 11.8 Å². The first-order chi connectivity index (χ1) is 12.3. The molecular formula is C18H15Cl3N2O2S. The lowest BCUT2D eigenvalue weighted by atomic mass is 10.1. The van der Waals surface area contributed by atoms with E-state index in [4.69, 9.17) is 34.8 Å². The van der Waals surface area contributed by atoms with Gasteiger partial charge in [-0.05, 0) is 37.6 Å². The highest BCUT2D eigenvalue weighted by Crippen LogP contribution is 2.36. The predicted octanol–water partition coefficient (Wildman–Crippen LogP) is 6.84. The molecule has 0 spiro atoms. The molecule has 0 saturated carbocycles. The van der Waals surface area contributed by atoms with Crippen molar-refractivity contribution < 1.29 is 4.92 Å². The fourth-order valence-corrected chi connectivity index (χ4v) is 3.53. The molecule has 2 aromatic carbocycles. The molecule has 26 heavy (non-hydrogen) atoms. The molecule has 8 heteroatoms. The van der Waals surface area contributed by atoms with Crippen molar-refractivity contribution in [3.8, 4) is 0 Å². The second-order valence-electron chi connectivity index (χ2n) is 5.37. The molecular weight excluding hydrogens is 415 g/mol. The van der Waals surface area contributed by atoms with Gasteiger partial charge < -0.3 is 5.32 Å². The zero-order chi connectivity index (χ0) is 19.3. The van der Waals surface area contributed by atoms with Crippen LogP contribution in [0.25, 0.3) is 0 Å². The van der Waals surface area contributed by atoms with Crippen LogP contribution in [-0.2, 0) is 0 Å². The summed E-state index contributed by atoms with van der Waals surface area (Å²) < 4.78 is -0.369. The van der Waals surface area contributed by atoms with Crippen LogP contribution in [0.15, 0.2) is 73.7 Å². The van der Waals surface area contributed by atoms with Crippen LogP contribution >= 0.6 is 46.6 Å². The van der Waals surface area contributed by atoms with Gasteiger partial charge in [-0.25, -0.2) is 0 Å². The zero-order valence-corrected chi connectivity index (χ0v) is 17.0. The van der Waals surface area contributed by atoms with E-state index in [2.05, 4.69) is 5.32 Å². The molecule has 0 unspecified atom stereocenters. The number of nitro groups is 1. The summed E-state index contributed by atoms with van der Waals surface area (Å²) in [5.74, 6) is 0. The fraction of sp³-hybridized carbons (Fsp3) is 0.111. The summed E-state index contributed by atoms with van der Waals surface area (Å²) in [6.07, 6.45) is 0. The van der Waals surface area contributed by atoms with Crippen LogP contribution in [0.3, 0.4) is 0 Å². The molecule has 0 aliphatic rings. The summed E-state index contributed by atoms with van der Waals surface area (Å²) >= 11 is 18.6. The first-order valence-corrected chi connectivity index (χ1v) is 9.41. The molecule has 0 radical (unpaired) electrons. The minimum atomic E-state index is -0.602. The average molecular weight is 430 g/mol. The second kappa shape index (κ2) is 9.33. The summed E-state index contributed by atoms with van der Waals surface area (Å²) in [5, 5.41) is 14.7. The van der Waals surface area contributed by atoms with Gasteiger partial charge >= 0.3 is 5.70 Å². The number of nitrogens with zero attached hydrogens (tertiary/aromatic N) is 1. The van der Waals surface area contributed by atoms with Gasteiger partial charge in [-0.3, -0.25) is 10.1 Å². The predicted molar refractivity (Wildman–Crippen MR) is 110 cm³/mol. The van der Waals surface area contributed by atoms with Crippen LogP contribution in [0.1, 0.15) is 11.1 Å². The van der Waals surface area contributed by atoms with E-state index in [0.29, 0.717) is 0 Å². The summed E-state index contributed by atoms with van der Waals surface area (Å²) in [7, 11) is 0. The number of aryl methyl sites for hydroxylation is 2. The Balaban J connectivity index is 2.58. The number of thioether (sulfide) groups is 1. The first-order valence-electron chi connectivity index (χ1n) is 7.46. The maximum absolute atomic E-state index is 11.7. The summed E-state index contributed by atoms with van der Waals surface area (Å²) in [6, 6.07) is 15.0. The van der Waals surface area contributed by atoms with Gasteiger partial charge in [-0.15, -0.1) is 0 Å². The Morgan fingerprint density at radius 2 is 1.73 bits per heavy atom. The molecule has 2 aromatic rings. The van der Waals surface area contributed by atoms with E-state index in [9.17, 15) is 10.1 Å². The average Bonchev–Trinajstić information content (AvgIpc) is 2.57. The van der Waals surface area contributed by atoms with Crippen LogP contribution < -0.4 is 5.32 Å². The molecule has 0 heterocycles. The number of hydrogen-bond donors (Lipinski definition) is 1. The largest absolute Gasteiger partial charge is 0.344 e. The Morgan fingerprint density at radius 1 is 1.08 bits per heavy atom. The number of hydrogen-bond acceptors (Lipinski definition) is 4. The van der Waals surface area contributed by atoms with Crippen LogP contribution in [0.5, 0.6) is 0 Å². The van der Waals surface area contributed by atoms with Gasteiger partial charge in [0, 0.05) is 10.6 Å². The molecule has 0 atom stereocenters. The third kappa shape index (κ3) is 5.42. The highest BCUT2D eigenvalue weighted by atomic mass is 35.5. The molecule has 0 bridgehead atoms. The minimum absolute atomic E-state index is 0.219. The van der Waals surface area contributed by atoms with Crippen molar-refractivity contribution >= 4 is 52.3 Å². The number of anilines is 1. The third-order valence-electron chi connectivity index (χ3n) is 3.36. The Labute approximate surface area is 171 Å². The van der Waals surface area contributed by atoms with Gasteiger partial charge in [-0.1, -0.05) is 82.5 Å². The van der Waals surface area contributed by atoms with Crippen LogP contribution in [0, 0.1) is 24.0 Å². The lowest BCUT2D eigenvalue weighted by molar-refractivity contribution is -0.420. The van der Waals surface area contributed by atoms with E-state index >= 15 is 0 Å². The molecule has 0 aliphatic heterocycles. The maximum atomic E-state index is 11.7. The van der Waals surface area contributed by atoms with Gasteiger partial charge in [0.2, 0.25) is 0 Å². The molecule has 136 valence electrons. The quantitative estimate of drug-likeness (QED) is 0.236. The van der Waals surface area contributed by atoms with Crippen molar-refractivity contribution in [2.45, 2.75) is 18.7 Å². The van der Waals surface area contributed by atoms with Crippen LogP contribution in [-0.4, -0.2) is 4.92 Å². The standard InChI is InChI=1S/C18H15Cl3N2O2S/c1-11-8-9-14(12(2)10-11)22-18(26-13-6-4-3-5-7-13)16(23(24)25)15(19)17(20)21/h3-10,22H,1-2H3/b18-16+. The monoisotopic (exact) mass is 428 g/mol. The molecule has 1 N–H and O–H groups in total.